The highest BCUT2D eigenvalue weighted by molar-refractivity contribution is 5.75. The smallest absolute Gasteiger partial charge is 0.219 e. The monoisotopic (exact) mass is 250 g/mol. The highest BCUT2D eigenvalue weighted by Crippen LogP contribution is 2.19. The van der Waals surface area contributed by atoms with Gasteiger partial charge in [-0.05, 0) is 18.6 Å². The molecule has 0 atom stereocenters. The van der Waals surface area contributed by atoms with Crippen molar-refractivity contribution in [2.45, 2.75) is 12.8 Å². The summed E-state index contributed by atoms with van der Waals surface area (Å²) in [6.07, 6.45) is 2.32. The average Bonchev–Trinajstić information content (AvgIpc) is 2.41. The highest BCUT2D eigenvalue weighted by atomic mass is 16.5. The molecule has 0 radical (unpaired) electrons. The van der Waals surface area contributed by atoms with Crippen LogP contribution in [0.4, 0.5) is 0 Å². The van der Waals surface area contributed by atoms with Gasteiger partial charge in [0.25, 0.3) is 0 Å². The van der Waals surface area contributed by atoms with Crippen LogP contribution in [0.5, 0.6) is 11.5 Å². The number of carbonyl (C=O) groups is 1. The summed E-state index contributed by atoms with van der Waals surface area (Å²) in [7, 11) is 1.62. The number of benzene rings is 1. The molecule has 1 rings (SSSR count). The Hall–Kier alpha value is -2.04. The van der Waals surface area contributed by atoms with Crippen LogP contribution < -0.4 is 14.8 Å². The lowest BCUT2D eigenvalue weighted by Crippen LogP contribution is -2.18. The van der Waals surface area contributed by atoms with E-state index in [1.165, 1.54) is 6.21 Å². The van der Waals surface area contributed by atoms with Crippen LogP contribution in [0, 0.1) is 5.41 Å². The van der Waals surface area contributed by atoms with E-state index < -0.39 is 0 Å². The fourth-order valence-electron chi connectivity index (χ4n) is 1.34. The molecule has 1 amide bonds. The zero-order valence-corrected chi connectivity index (χ0v) is 10.4. The number of hydrogen-bond acceptors (Lipinski definition) is 4. The van der Waals surface area contributed by atoms with E-state index in [0.717, 1.165) is 0 Å². The summed E-state index contributed by atoms with van der Waals surface area (Å²) >= 11 is 0. The molecule has 18 heavy (non-hydrogen) atoms. The minimum Gasteiger partial charge on any atom is -0.493 e. The molecule has 0 spiro atoms. The number of nitrogens with one attached hydrogen (secondary N) is 2. The predicted molar refractivity (Wildman–Crippen MR) is 69.5 cm³/mol. The van der Waals surface area contributed by atoms with Crippen molar-refractivity contribution in [1.82, 2.24) is 5.32 Å². The van der Waals surface area contributed by atoms with Gasteiger partial charge in [-0.3, -0.25) is 4.79 Å². The minimum atomic E-state index is 0.0154. The van der Waals surface area contributed by atoms with E-state index in [9.17, 15) is 4.79 Å². The van der Waals surface area contributed by atoms with Gasteiger partial charge in [-0.1, -0.05) is 6.07 Å². The van der Waals surface area contributed by atoms with Crippen molar-refractivity contribution in [2.24, 2.45) is 0 Å². The summed E-state index contributed by atoms with van der Waals surface area (Å²) < 4.78 is 10.8. The van der Waals surface area contributed by atoms with E-state index in [4.69, 9.17) is 14.9 Å². The van der Waals surface area contributed by atoms with Gasteiger partial charge in [0, 0.05) is 25.7 Å². The molecule has 0 saturated heterocycles. The Labute approximate surface area is 107 Å². The molecule has 0 fully saturated rings. The number of hydrogen-bond donors (Lipinski definition) is 2. The number of rotatable bonds is 8. The van der Waals surface area contributed by atoms with Crippen molar-refractivity contribution in [3.8, 4) is 11.5 Å². The summed E-state index contributed by atoms with van der Waals surface area (Å²) in [5.74, 6) is 1.39. The Balaban J connectivity index is 2.33. The van der Waals surface area contributed by atoms with Gasteiger partial charge < -0.3 is 20.2 Å². The lowest BCUT2D eigenvalue weighted by Gasteiger charge is -2.08. The molecule has 2 N–H and O–H groups in total. The maximum Gasteiger partial charge on any atom is 0.219 e. The molecule has 0 aliphatic carbocycles. The van der Waals surface area contributed by atoms with E-state index in [1.807, 2.05) is 12.1 Å². The molecule has 1 aromatic rings. The minimum absolute atomic E-state index is 0.0154. The molecule has 5 heteroatoms. The molecule has 5 nitrogen and oxygen atoms in total. The molecule has 0 saturated carbocycles. The molecule has 1 aromatic carbocycles. The van der Waals surface area contributed by atoms with E-state index in [2.05, 4.69) is 5.32 Å². The molecule has 0 heterocycles. The van der Waals surface area contributed by atoms with Crippen LogP contribution in [0.2, 0.25) is 0 Å². The number of carbonyl (C=O) groups excluding carboxylic acids is 1. The third kappa shape index (κ3) is 5.34. The number of ether oxygens (including phenoxy) is 2. The van der Waals surface area contributed by atoms with Gasteiger partial charge in [0.05, 0.1) is 6.61 Å². The van der Waals surface area contributed by atoms with Gasteiger partial charge >= 0.3 is 0 Å². The normalized spacial score (nSPS) is 9.61. The largest absolute Gasteiger partial charge is 0.493 e. The molecule has 0 aliphatic heterocycles. The Kier molecular flexibility index (Phi) is 6.32. The third-order valence-corrected chi connectivity index (χ3v) is 2.23. The number of amides is 1. The van der Waals surface area contributed by atoms with E-state index in [1.54, 1.807) is 19.2 Å². The van der Waals surface area contributed by atoms with Crippen LogP contribution in [0.1, 0.15) is 12.8 Å². The summed E-state index contributed by atoms with van der Waals surface area (Å²) in [5.41, 5.74) is 0. The highest BCUT2D eigenvalue weighted by Gasteiger charge is 2.00. The molecule has 0 bridgehead atoms. The van der Waals surface area contributed by atoms with E-state index >= 15 is 0 Å². The second kappa shape index (κ2) is 8.11. The van der Waals surface area contributed by atoms with Crippen LogP contribution in [0.3, 0.4) is 0 Å². The van der Waals surface area contributed by atoms with Gasteiger partial charge in [0.15, 0.2) is 0 Å². The zero-order chi connectivity index (χ0) is 13.2. The Morgan fingerprint density at radius 1 is 1.39 bits per heavy atom. The molecule has 0 aliphatic rings. The SMILES string of the molecule is CNC(=O)CCCOc1cccc(OCC=N)c1. The second-order valence-electron chi connectivity index (χ2n) is 3.62. The van der Waals surface area contributed by atoms with Gasteiger partial charge in [-0.25, -0.2) is 0 Å². The Bertz CT molecular complexity index is 394. The van der Waals surface area contributed by atoms with Gasteiger partial charge in [0.1, 0.15) is 18.1 Å². The van der Waals surface area contributed by atoms with Crippen molar-refractivity contribution in [3.63, 3.8) is 0 Å². The summed E-state index contributed by atoms with van der Waals surface area (Å²) in [6, 6.07) is 7.23. The summed E-state index contributed by atoms with van der Waals surface area (Å²) in [4.78, 5) is 11.0. The first kappa shape index (κ1) is 14.0. The average molecular weight is 250 g/mol. The van der Waals surface area contributed by atoms with Crippen LogP contribution in [0.15, 0.2) is 24.3 Å². The molecular formula is C13H18N2O3. The van der Waals surface area contributed by atoms with Crippen molar-refractivity contribution < 1.29 is 14.3 Å². The predicted octanol–water partition coefficient (Wildman–Crippen LogP) is 1.62. The van der Waals surface area contributed by atoms with E-state index in [0.29, 0.717) is 30.9 Å². The first-order chi connectivity index (χ1) is 8.76. The summed E-state index contributed by atoms with van der Waals surface area (Å²) in [6.45, 7) is 0.738. The van der Waals surface area contributed by atoms with Crippen LogP contribution >= 0.6 is 0 Å². The van der Waals surface area contributed by atoms with Gasteiger partial charge in [-0.2, -0.15) is 0 Å². The lowest BCUT2D eigenvalue weighted by atomic mass is 10.3. The fraction of sp³-hybridized carbons (Fsp3) is 0.385. The Morgan fingerprint density at radius 3 is 2.78 bits per heavy atom. The summed E-state index contributed by atoms with van der Waals surface area (Å²) in [5, 5.41) is 9.44. The lowest BCUT2D eigenvalue weighted by molar-refractivity contribution is -0.120. The topological polar surface area (TPSA) is 71.4 Å². The molecule has 0 unspecified atom stereocenters. The van der Waals surface area contributed by atoms with Crippen LogP contribution in [-0.4, -0.2) is 32.4 Å². The van der Waals surface area contributed by atoms with Crippen molar-refractivity contribution in [1.29, 1.82) is 5.41 Å². The van der Waals surface area contributed by atoms with Gasteiger partial charge in [0.2, 0.25) is 5.91 Å². The van der Waals surface area contributed by atoms with E-state index in [-0.39, 0.29) is 12.5 Å². The van der Waals surface area contributed by atoms with Crippen LogP contribution in [0.25, 0.3) is 0 Å². The van der Waals surface area contributed by atoms with Gasteiger partial charge in [-0.15, -0.1) is 0 Å². The van der Waals surface area contributed by atoms with Crippen molar-refractivity contribution in [3.05, 3.63) is 24.3 Å². The quantitative estimate of drug-likeness (QED) is 0.544. The maximum absolute atomic E-state index is 11.0. The first-order valence-electron chi connectivity index (χ1n) is 5.81. The molecular weight excluding hydrogens is 232 g/mol. The standard InChI is InChI=1S/C13H18N2O3/c1-15-13(16)6-3-8-17-11-4-2-5-12(10-11)18-9-7-14/h2,4-5,7,10,14H,3,6,8-9H2,1H3,(H,15,16). The first-order valence-corrected chi connectivity index (χ1v) is 5.81. The maximum atomic E-state index is 11.0. The molecule has 98 valence electrons. The fourth-order valence-corrected chi connectivity index (χ4v) is 1.34. The van der Waals surface area contributed by atoms with Crippen molar-refractivity contribution in [2.75, 3.05) is 20.3 Å². The zero-order valence-electron chi connectivity index (χ0n) is 10.4. The molecule has 0 aromatic heterocycles. The van der Waals surface area contributed by atoms with Crippen LogP contribution in [-0.2, 0) is 4.79 Å². The van der Waals surface area contributed by atoms with Crippen molar-refractivity contribution >= 4 is 12.1 Å². The second-order valence-corrected chi connectivity index (χ2v) is 3.62. The third-order valence-electron chi connectivity index (χ3n) is 2.23. The Morgan fingerprint density at radius 2 is 2.11 bits per heavy atom.